The minimum absolute atomic E-state index is 0.244. The second kappa shape index (κ2) is 9.75. The number of nitrogens with zero attached hydrogens (tertiary/aromatic N) is 2. The third-order valence-corrected chi connectivity index (χ3v) is 5.37. The number of benzene rings is 2. The fourth-order valence-electron chi connectivity index (χ4n) is 2.90. The van der Waals surface area contributed by atoms with Crippen LogP contribution in [0.3, 0.4) is 0 Å². The number of hydrogen-bond donors (Lipinski definition) is 2. The molecule has 0 saturated carbocycles. The lowest BCUT2D eigenvalue weighted by molar-refractivity contribution is 0.254. The van der Waals surface area contributed by atoms with E-state index < -0.39 is 0 Å². The molecule has 148 valence electrons. The van der Waals surface area contributed by atoms with Gasteiger partial charge in [0, 0.05) is 39.3 Å². The minimum Gasteiger partial charge on any atom is -0.358 e. The first-order valence-corrected chi connectivity index (χ1v) is 9.87. The molecule has 2 N–H and O–H groups in total. The summed E-state index contributed by atoms with van der Waals surface area (Å²) >= 11 is 10.9. The quantitative estimate of drug-likeness (QED) is 0.740. The molecule has 0 amide bonds. The number of nitrogens with one attached hydrogen (secondary N) is 2. The summed E-state index contributed by atoms with van der Waals surface area (Å²) in [4.78, 5) is 4.22. The molecule has 0 aliphatic carbocycles. The molecular weight excluding hydrogens is 398 g/mol. The molecule has 1 aliphatic heterocycles. The lowest BCUT2D eigenvalue weighted by Crippen LogP contribution is -2.54. The van der Waals surface area contributed by atoms with Gasteiger partial charge in [-0.3, -0.25) is 0 Å². The number of rotatable bonds is 4. The van der Waals surface area contributed by atoms with Gasteiger partial charge in [0.1, 0.15) is 11.6 Å². The Labute approximate surface area is 174 Å². The van der Waals surface area contributed by atoms with Gasteiger partial charge in [-0.1, -0.05) is 24.3 Å². The van der Waals surface area contributed by atoms with Gasteiger partial charge in [0.05, 0.1) is 0 Å². The molecule has 1 saturated heterocycles. The zero-order chi connectivity index (χ0) is 19.9. The number of hydrogen-bond acceptors (Lipinski definition) is 2. The normalized spacial score (nSPS) is 13.9. The molecule has 2 aromatic rings. The van der Waals surface area contributed by atoms with Crippen molar-refractivity contribution in [3.8, 4) is 0 Å². The molecule has 0 bridgehead atoms. The van der Waals surface area contributed by atoms with Crippen molar-refractivity contribution < 1.29 is 8.78 Å². The summed E-state index contributed by atoms with van der Waals surface area (Å²) in [7, 11) is 0. The topological polar surface area (TPSA) is 30.5 Å². The summed E-state index contributed by atoms with van der Waals surface area (Å²) in [5, 5.41) is 7.82. The molecule has 0 unspecified atom stereocenters. The fraction of sp³-hybridized carbons (Fsp3) is 0.300. The highest BCUT2D eigenvalue weighted by Gasteiger charge is 2.20. The maximum Gasteiger partial charge on any atom is 0.169 e. The molecule has 28 heavy (non-hydrogen) atoms. The summed E-state index contributed by atoms with van der Waals surface area (Å²) in [6.07, 6.45) is 0. The highest BCUT2D eigenvalue weighted by atomic mass is 32.1. The van der Waals surface area contributed by atoms with Gasteiger partial charge in [0.25, 0.3) is 0 Å². The Morgan fingerprint density at radius 2 is 1.00 bits per heavy atom. The van der Waals surface area contributed by atoms with Crippen LogP contribution in [0.1, 0.15) is 11.1 Å². The fourth-order valence-corrected chi connectivity index (χ4v) is 3.41. The molecule has 4 nitrogen and oxygen atoms in total. The Morgan fingerprint density at radius 1 is 0.679 bits per heavy atom. The van der Waals surface area contributed by atoms with E-state index in [1.54, 1.807) is 24.3 Å². The van der Waals surface area contributed by atoms with E-state index in [9.17, 15) is 8.78 Å². The second-order valence-electron chi connectivity index (χ2n) is 6.54. The summed E-state index contributed by atoms with van der Waals surface area (Å²) in [6, 6.07) is 12.7. The van der Waals surface area contributed by atoms with E-state index in [0.29, 0.717) is 23.3 Å². The van der Waals surface area contributed by atoms with Crippen molar-refractivity contribution in [1.29, 1.82) is 0 Å². The molecule has 0 spiro atoms. The number of piperazine rings is 1. The van der Waals surface area contributed by atoms with Crippen molar-refractivity contribution in [3.63, 3.8) is 0 Å². The molecule has 1 aliphatic rings. The van der Waals surface area contributed by atoms with Crippen LogP contribution in [-0.2, 0) is 13.1 Å². The highest BCUT2D eigenvalue weighted by Crippen LogP contribution is 2.07. The smallest absolute Gasteiger partial charge is 0.169 e. The summed E-state index contributed by atoms with van der Waals surface area (Å²) in [6.45, 7) is 4.22. The first-order chi connectivity index (χ1) is 13.5. The molecule has 3 rings (SSSR count). The van der Waals surface area contributed by atoms with Crippen molar-refractivity contribution in [2.45, 2.75) is 13.1 Å². The van der Waals surface area contributed by atoms with E-state index in [1.165, 1.54) is 24.3 Å². The lowest BCUT2D eigenvalue weighted by atomic mass is 10.2. The lowest BCUT2D eigenvalue weighted by Gasteiger charge is -2.37. The Kier molecular flexibility index (Phi) is 7.11. The second-order valence-corrected chi connectivity index (χ2v) is 7.32. The predicted molar refractivity (Wildman–Crippen MR) is 115 cm³/mol. The monoisotopic (exact) mass is 420 g/mol. The molecular formula is C20H22F2N4S2. The molecule has 1 fully saturated rings. The SMILES string of the molecule is Fc1ccc(CNC(=S)N2CCN(C(=S)NCc3ccc(F)cc3)CC2)cc1. The van der Waals surface area contributed by atoms with Gasteiger partial charge in [0.2, 0.25) is 0 Å². The van der Waals surface area contributed by atoms with Gasteiger partial charge in [-0.25, -0.2) is 8.78 Å². The van der Waals surface area contributed by atoms with E-state index in [0.717, 1.165) is 37.3 Å². The molecule has 0 radical (unpaired) electrons. The van der Waals surface area contributed by atoms with Crippen molar-refractivity contribution in [2.75, 3.05) is 26.2 Å². The van der Waals surface area contributed by atoms with Gasteiger partial charge >= 0.3 is 0 Å². The van der Waals surface area contributed by atoms with Crippen LogP contribution in [0.15, 0.2) is 48.5 Å². The summed E-state index contributed by atoms with van der Waals surface area (Å²) < 4.78 is 25.9. The zero-order valence-electron chi connectivity index (χ0n) is 15.3. The first kappa shape index (κ1) is 20.4. The van der Waals surface area contributed by atoms with Crippen molar-refractivity contribution >= 4 is 34.7 Å². The molecule has 0 atom stereocenters. The Hall–Kier alpha value is -2.32. The Balaban J connectivity index is 1.39. The standard InChI is InChI=1S/C20H22F2N4S2/c21-17-5-1-15(2-6-17)13-23-19(27)25-9-11-26(12-10-25)20(28)24-14-16-3-7-18(22)8-4-16/h1-8H,9-14H2,(H,23,27)(H,24,28). The van der Waals surface area contributed by atoms with Gasteiger partial charge < -0.3 is 20.4 Å². The van der Waals surface area contributed by atoms with Crippen LogP contribution in [0.4, 0.5) is 8.78 Å². The first-order valence-electron chi connectivity index (χ1n) is 9.06. The number of thiocarbonyl (C=S) groups is 2. The highest BCUT2D eigenvalue weighted by molar-refractivity contribution is 7.80. The zero-order valence-corrected chi connectivity index (χ0v) is 17.0. The predicted octanol–water partition coefficient (Wildman–Crippen LogP) is 3.03. The Bertz CT molecular complexity index is 734. The van der Waals surface area contributed by atoms with E-state index in [-0.39, 0.29) is 11.6 Å². The third kappa shape index (κ3) is 5.84. The van der Waals surface area contributed by atoms with E-state index in [2.05, 4.69) is 20.4 Å². The van der Waals surface area contributed by atoms with E-state index in [4.69, 9.17) is 24.4 Å². The maximum absolute atomic E-state index is 13.0. The van der Waals surface area contributed by atoms with Crippen LogP contribution >= 0.6 is 24.4 Å². The van der Waals surface area contributed by atoms with Gasteiger partial charge in [-0.05, 0) is 59.8 Å². The summed E-state index contributed by atoms with van der Waals surface area (Å²) in [5.74, 6) is -0.488. The molecule has 8 heteroatoms. The molecule has 2 aromatic carbocycles. The average Bonchev–Trinajstić information content (AvgIpc) is 2.72. The van der Waals surface area contributed by atoms with E-state index >= 15 is 0 Å². The molecule has 0 aromatic heterocycles. The van der Waals surface area contributed by atoms with Crippen LogP contribution < -0.4 is 10.6 Å². The largest absolute Gasteiger partial charge is 0.358 e. The number of halogens is 2. The summed E-state index contributed by atoms with van der Waals surface area (Å²) in [5.41, 5.74) is 1.96. The van der Waals surface area contributed by atoms with Gasteiger partial charge in [-0.15, -0.1) is 0 Å². The van der Waals surface area contributed by atoms with Gasteiger partial charge in [-0.2, -0.15) is 0 Å². The van der Waals surface area contributed by atoms with Crippen LogP contribution in [-0.4, -0.2) is 46.2 Å². The van der Waals surface area contributed by atoms with Crippen molar-refractivity contribution in [3.05, 3.63) is 71.3 Å². The van der Waals surface area contributed by atoms with Crippen LogP contribution in [0, 0.1) is 11.6 Å². The maximum atomic E-state index is 13.0. The Morgan fingerprint density at radius 3 is 1.32 bits per heavy atom. The average molecular weight is 421 g/mol. The van der Waals surface area contributed by atoms with E-state index in [1.807, 2.05) is 0 Å². The van der Waals surface area contributed by atoms with Crippen LogP contribution in [0.5, 0.6) is 0 Å². The van der Waals surface area contributed by atoms with Crippen molar-refractivity contribution in [2.24, 2.45) is 0 Å². The van der Waals surface area contributed by atoms with Crippen LogP contribution in [0.25, 0.3) is 0 Å². The van der Waals surface area contributed by atoms with Gasteiger partial charge in [0.15, 0.2) is 10.2 Å². The van der Waals surface area contributed by atoms with Crippen molar-refractivity contribution in [1.82, 2.24) is 20.4 Å². The molecule has 1 heterocycles. The third-order valence-electron chi connectivity index (χ3n) is 4.57. The van der Waals surface area contributed by atoms with Crippen LogP contribution in [0.2, 0.25) is 0 Å². The minimum atomic E-state index is -0.244.